The van der Waals surface area contributed by atoms with Crippen LogP contribution in [-0.2, 0) is 0 Å². The van der Waals surface area contributed by atoms with Crippen molar-refractivity contribution < 1.29 is 0 Å². The van der Waals surface area contributed by atoms with Crippen molar-refractivity contribution in [1.82, 2.24) is 0 Å². The third-order valence-corrected chi connectivity index (χ3v) is 3.53. The molecule has 0 fully saturated rings. The summed E-state index contributed by atoms with van der Waals surface area (Å²) in [5.41, 5.74) is 13.2. The Bertz CT molecular complexity index is 354. The molecule has 2 nitrogen and oxygen atoms in total. The molecule has 0 aromatic rings. The highest BCUT2D eigenvalue weighted by Crippen LogP contribution is 2.20. The van der Waals surface area contributed by atoms with Crippen LogP contribution >= 0.6 is 0 Å². The topological polar surface area (TPSA) is 52.0 Å². The number of hydrogen-bond acceptors (Lipinski definition) is 2. The summed E-state index contributed by atoms with van der Waals surface area (Å²) >= 11 is 0. The fourth-order valence-electron chi connectivity index (χ4n) is 2.26. The second-order valence-corrected chi connectivity index (χ2v) is 5.63. The van der Waals surface area contributed by atoms with Crippen LogP contribution in [0.3, 0.4) is 0 Å². The lowest BCUT2D eigenvalue weighted by Gasteiger charge is -2.13. The van der Waals surface area contributed by atoms with Crippen LogP contribution in [0.25, 0.3) is 0 Å². The zero-order valence-corrected chi connectivity index (χ0v) is 14.1. The molecule has 21 heavy (non-hydrogen) atoms. The zero-order valence-electron chi connectivity index (χ0n) is 14.1. The summed E-state index contributed by atoms with van der Waals surface area (Å²) in [6.07, 6.45) is 20.7. The Kier molecular flexibility index (Phi) is 12.6. The molecule has 0 aliphatic carbocycles. The first kappa shape index (κ1) is 19.6. The van der Waals surface area contributed by atoms with Crippen molar-refractivity contribution >= 4 is 0 Å². The van der Waals surface area contributed by atoms with E-state index in [1.165, 1.54) is 38.5 Å². The summed E-state index contributed by atoms with van der Waals surface area (Å²) in [6, 6.07) is 0. The van der Waals surface area contributed by atoms with Gasteiger partial charge in [-0.3, -0.25) is 0 Å². The van der Waals surface area contributed by atoms with Crippen LogP contribution in [0.15, 0.2) is 47.9 Å². The van der Waals surface area contributed by atoms with Crippen LogP contribution in [0.4, 0.5) is 0 Å². The number of rotatable bonds is 11. The Morgan fingerprint density at radius 3 is 2.14 bits per heavy atom. The van der Waals surface area contributed by atoms with E-state index in [1.807, 2.05) is 37.3 Å². The summed E-state index contributed by atoms with van der Waals surface area (Å²) in [7, 11) is 0. The van der Waals surface area contributed by atoms with E-state index in [2.05, 4.69) is 19.9 Å². The molecule has 0 aliphatic heterocycles. The van der Waals surface area contributed by atoms with Crippen LogP contribution in [0, 0.1) is 5.92 Å². The molecule has 0 heterocycles. The molecule has 0 aromatic heterocycles. The molecule has 0 aromatic carbocycles. The van der Waals surface area contributed by atoms with E-state index >= 15 is 0 Å². The van der Waals surface area contributed by atoms with Crippen molar-refractivity contribution in [3.63, 3.8) is 0 Å². The summed E-state index contributed by atoms with van der Waals surface area (Å²) in [6.45, 7) is 6.48. The lowest BCUT2D eigenvalue weighted by Crippen LogP contribution is -2.01. The quantitative estimate of drug-likeness (QED) is 0.514. The van der Waals surface area contributed by atoms with Gasteiger partial charge in [0.2, 0.25) is 0 Å². The molecular formula is C19H34N2. The molecule has 0 atom stereocenters. The van der Waals surface area contributed by atoms with Crippen LogP contribution in [-0.4, -0.2) is 0 Å². The first-order valence-corrected chi connectivity index (χ1v) is 8.36. The molecule has 0 unspecified atom stereocenters. The maximum atomic E-state index is 5.96. The van der Waals surface area contributed by atoms with Crippen LogP contribution < -0.4 is 11.5 Å². The van der Waals surface area contributed by atoms with Crippen molar-refractivity contribution in [3.8, 4) is 0 Å². The highest BCUT2D eigenvalue weighted by molar-refractivity contribution is 5.28. The van der Waals surface area contributed by atoms with Crippen molar-refractivity contribution in [2.45, 2.75) is 65.7 Å². The van der Waals surface area contributed by atoms with Crippen molar-refractivity contribution in [2.24, 2.45) is 17.4 Å². The second kappa shape index (κ2) is 13.5. The van der Waals surface area contributed by atoms with E-state index in [0.717, 1.165) is 18.0 Å². The third-order valence-electron chi connectivity index (χ3n) is 3.53. The molecule has 0 spiro atoms. The highest BCUT2D eigenvalue weighted by Gasteiger charge is 2.05. The Morgan fingerprint density at radius 1 is 1.00 bits per heavy atom. The minimum Gasteiger partial charge on any atom is -0.399 e. The van der Waals surface area contributed by atoms with E-state index in [1.54, 1.807) is 0 Å². The molecule has 2 heteroatoms. The summed E-state index contributed by atoms with van der Waals surface area (Å²) in [5.74, 6) is 0.796. The van der Waals surface area contributed by atoms with E-state index < -0.39 is 0 Å². The maximum Gasteiger partial charge on any atom is 0.0334 e. The zero-order chi connectivity index (χ0) is 15.9. The normalized spacial score (nSPS) is 13.9. The van der Waals surface area contributed by atoms with Crippen molar-refractivity contribution in [3.05, 3.63) is 47.9 Å². The average molecular weight is 290 g/mol. The minimum absolute atomic E-state index is 0.684. The molecule has 0 amide bonds. The van der Waals surface area contributed by atoms with Gasteiger partial charge in [-0.15, -0.1) is 0 Å². The lowest BCUT2D eigenvalue weighted by atomic mass is 9.93. The smallest absolute Gasteiger partial charge is 0.0334 e. The minimum atomic E-state index is 0.684. The van der Waals surface area contributed by atoms with Crippen molar-refractivity contribution in [2.75, 3.05) is 0 Å². The summed E-state index contributed by atoms with van der Waals surface area (Å²) < 4.78 is 0. The summed E-state index contributed by atoms with van der Waals surface area (Å²) in [4.78, 5) is 0. The molecule has 0 radical (unpaired) electrons. The second-order valence-electron chi connectivity index (χ2n) is 5.63. The average Bonchev–Trinajstić information content (AvgIpc) is 2.47. The lowest BCUT2D eigenvalue weighted by molar-refractivity contribution is 0.423. The molecule has 0 saturated heterocycles. The fraction of sp³-hybridized carbons (Fsp3) is 0.579. The molecule has 0 bridgehead atoms. The van der Waals surface area contributed by atoms with Crippen LogP contribution in [0.5, 0.6) is 0 Å². The SMILES string of the molecule is C\C=C/C=C(N)\C=C(N)/C=C/CC(CCCC)CCCC. The van der Waals surface area contributed by atoms with Gasteiger partial charge in [-0.1, -0.05) is 70.6 Å². The predicted octanol–water partition coefficient (Wildman–Crippen LogP) is 5.19. The van der Waals surface area contributed by atoms with Gasteiger partial charge >= 0.3 is 0 Å². The number of unbranched alkanes of at least 4 members (excludes halogenated alkanes) is 2. The molecule has 4 N–H and O–H groups in total. The number of hydrogen-bond donors (Lipinski definition) is 2. The van der Waals surface area contributed by atoms with Crippen molar-refractivity contribution in [1.29, 1.82) is 0 Å². The first-order chi connectivity index (χ1) is 10.1. The van der Waals surface area contributed by atoms with Gasteiger partial charge in [0.15, 0.2) is 0 Å². The van der Waals surface area contributed by atoms with E-state index in [-0.39, 0.29) is 0 Å². The molecule has 0 aliphatic rings. The summed E-state index contributed by atoms with van der Waals surface area (Å²) in [5, 5.41) is 0. The van der Waals surface area contributed by atoms with E-state index in [0.29, 0.717) is 5.70 Å². The Balaban J connectivity index is 4.37. The largest absolute Gasteiger partial charge is 0.399 e. The maximum absolute atomic E-state index is 5.96. The Hall–Kier alpha value is -1.44. The number of allylic oxidation sites excluding steroid dienone is 6. The molecule has 0 rings (SSSR count). The van der Waals surface area contributed by atoms with Gasteiger partial charge in [-0.25, -0.2) is 0 Å². The van der Waals surface area contributed by atoms with Gasteiger partial charge in [-0.05, 0) is 37.5 Å². The van der Waals surface area contributed by atoms with Gasteiger partial charge in [0, 0.05) is 11.4 Å². The van der Waals surface area contributed by atoms with Gasteiger partial charge in [0.1, 0.15) is 0 Å². The predicted molar refractivity (Wildman–Crippen MR) is 95.7 cm³/mol. The molecular weight excluding hydrogens is 256 g/mol. The third kappa shape index (κ3) is 12.0. The standard InChI is InChI=1S/C19H34N2/c1-4-7-11-17(12-8-5-2)13-10-15-19(21)16-18(20)14-9-6-3/h6,9-10,14-17H,4-5,7-8,11-13,20-21H2,1-3H3/b9-6-,15-10+,18-14+,19-16+. The molecule has 0 saturated carbocycles. The van der Waals surface area contributed by atoms with Gasteiger partial charge in [-0.2, -0.15) is 0 Å². The van der Waals surface area contributed by atoms with E-state index in [4.69, 9.17) is 11.5 Å². The molecule has 120 valence electrons. The van der Waals surface area contributed by atoms with Gasteiger partial charge < -0.3 is 11.5 Å². The highest BCUT2D eigenvalue weighted by atomic mass is 14.6. The Morgan fingerprint density at radius 2 is 1.62 bits per heavy atom. The fourth-order valence-corrected chi connectivity index (χ4v) is 2.26. The van der Waals surface area contributed by atoms with Gasteiger partial charge in [0.25, 0.3) is 0 Å². The van der Waals surface area contributed by atoms with Crippen LogP contribution in [0.2, 0.25) is 0 Å². The van der Waals surface area contributed by atoms with Crippen LogP contribution in [0.1, 0.15) is 65.7 Å². The monoisotopic (exact) mass is 290 g/mol. The van der Waals surface area contributed by atoms with Gasteiger partial charge in [0.05, 0.1) is 0 Å². The Labute approximate surface area is 131 Å². The first-order valence-electron chi connectivity index (χ1n) is 8.36. The number of nitrogens with two attached hydrogens (primary N) is 2. The van der Waals surface area contributed by atoms with E-state index in [9.17, 15) is 0 Å².